The van der Waals surface area contributed by atoms with Crippen molar-refractivity contribution in [2.45, 2.75) is 12.8 Å². The minimum Gasteiger partial charge on any atom is -0.384 e. The number of nitrogens with zero attached hydrogens (tertiary/aromatic N) is 2. The number of rotatable bonds is 3. The Morgan fingerprint density at radius 3 is 3.00 bits per heavy atom. The Balaban J connectivity index is 2.73. The van der Waals surface area contributed by atoms with Crippen molar-refractivity contribution in [2.24, 2.45) is 0 Å². The summed E-state index contributed by atoms with van der Waals surface area (Å²) in [5.41, 5.74) is 5.50. The highest BCUT2D eigenvalue weighted by atomic mass is 16.5. The van der Waals surface area contributed by atoms with Gasteiger partial charge in [-0.05, 0) is 6.07 Å². The molecule has 0 saturated carbocycles. The predicted octanol–water partition coefficient (Wildman–Crippen LogP) is 0.809. The van der Waals surface area contributed by atoms with Crippen molar-refractivity contribution in [3.8, 4) is 0 Å². The highest BCUT2D eigenvalue weighted by Gasteiger charge is 2.07. The van der Waals surface area contributed by atoms with Crippen LogP contribution in [0.3, 0.4) is 0 Å². The fraction of sp³-hybridized carbons (Fsp3) is 0.500. The van der Waals surface area contributed by atoms with Gasteiger partial charge in [0.25, 0.3) is 0 Å². The monoisotopic (exact) mass is 167 g/mol. The zero-order valence-electron chi connectivity index (χ0n) is 7.32. The van der Waals surface area contributed by atoms with Crippen LogP contribution in [-0.2, 0) is 4.74 Å². The fourth-order valence-corrected chi connectivity index (χ4v) is 0.950. The molecule has 0 bridgehead atoms. The quantitative estimate of drug-likeness (QED) is 0.723. The van der Waals surface area contributed by atoms with Gasteiger partial charge < -0.3 is 10.5 Å². The molecule has 0 amide bonds. The van der Waals surface area contributed by atoms with E-state index in [2.05, 4.69) is 9.97 Å². The van der Waals surface area contributed by atoms with Gasteiger partial charge in [0, 0.05) is 19.2 Å². The van der Waals surface area contributed by atoms with Gasteiger partial charge in [0.05, 0.1) is 6.61 Å². The molecule has 0 fully saturated rings. The lowest BCUT2D eigenvalue weighted by Gasteiger charge is -2.07. The molecule has 0 aromatic carbocycles. The third-order valence-electron chi connectivity index (χ3n) is 1.55. The largest absolute Gasteiger partial charge is 0.384 e. The lowest BCUT2D eigenvalue weighted by Crippen LogP contribution is -2.07. The number of hydrogen-bond donors (Lipinski definition) is 1. The first-order chi connectivity index (χ1) is 5.74. The average Bonchev–Trinajstić information content (AvgIpc) is 2.05. The Kier molecular flexibility index (Phi) is 2.99. The SMILES string of the molecule is COCC(C)c1nccc(N)n1. The summed E-state index contributed by atoms with van der Waals surface area (Å²) in [5.74, 6) is 1.43. The molecule has 0 radical (unpaired) electrons. The zero-order valence-corrected chi connectivity index (χ0v) is 7.32. The van der Waals surface area contributed by atoms with E-state index in [1.165, 1.54) is 0 Å². The summed E-state index contributed by atoms with van der Waals surface area (Å²) in [7, 11) is 1.66. The summed E-state index contributed by atoms with van der Waals surface area (Å²) < 4.78 is 4.98. The smallest absolute Gasteiger partial charge is 0.135 e. The third kappa shape index (κ3) is 2.17. The highest BCUT2D eigenvalue weighted by Crippen LogP contribution is 2.10. The molecular formula is C8H13N3O. The van der Waals surface area contributed by atoms with E-state index in [9.17, 15) is 0 Å². The molecule has 2 N–H and O–H groups in total. The molecule has 0 aliphatic rings. The maximum atomic E-state index is 5.50. The van der Waals surface area contributed by atoms with E-state index in [0.717, 1.165) is 5.82 Å². The van der Waals surface area contributed by atoms with Crippen molar-refractivity contribution < 1.29 is 4.74 Å². The molecule has 0 saturated heterocycles. The summed E-state index contributed by atoms with van der Waals surface area (Å²) in [6.45, 7) is 2.61. The van der Waals surface area contributed by atoms with Crippen LogP contribution in [0.5, 0.6) is 0 Å². The molecule has 1 rings (SSSR count). The number of aromatic nitrogens is 2. The second kappa shape index (κ2) is 4.01. The van der Waals surface area contributed by atoms with Gasteiger partial charge in [0.15, 0.2) is 0 Å². The fourth-order valence-electron chi connectivity index (χ4n) is 0.950. The van der Waals surface area contributed by atoms with Crippen molar-refractivity contribution in [3.63, 3.8) is 0 Å². The molecule has 1 atom stereocenters. The predicted molar refractivity (Wildman–Crippen MR) is 46.7 cm³/mol. The van der Waals surface area contributed by atoms with E-state index in [1.54, 1.807) is 19.4 Å². The van der Waals surface area contributed by atoms with Gasteiger partial charge in [0.2, 0.25) is 0 Å². The van der Waals surface area contributed by atoms with Gasteiger partial charge in [-0.2, -0.15) is 0 Å². The van der Waals surface area contributed by atoms with Gasteiger partial charge in [-0.25, -0.2) is 9.97 Å². The van der Waals surface area contributed by atoms with Crippen molar-refractivity contribution in [3.05, 3.63) is 18.1 Å². The Morgan fingerprint density at radius 2 is 2.42 bits per heavy atom. The van der Waals surface area contributed by atoms with Gasteiger partial charge in [-0.1, -0.05) is 6.92 Å². The molecule has 0 aliphatic heterocycles. The van der Waals surface area contributed by atoms with Crippen LogP contribution in [-0.4, -0.2) is 23.7 Å². The highest BCUT2D eigenvalue weighted by molar-refractivity contribution is 5.25. The summed E-state index contributed by atoms with van der Waals surface area (Å²) in [4.78, 5) is 8.17. The van der Waals surface area contributed by atoms with Gasteiger partial charge in [-0.3, -0.25) is 0 Å². The molecule has 12 heavy (non-hydrogen) atoms. The van der Waals surface area contributed by atoms with E-state index in [0.29, 0.717) is 12.4 Å². The van der Waals surface area contributed by atoms with Crippen molar-refractivity contribution in [1.82, 2.24) is 9.97 Å². The molecule has 66 valence electrons. The molecule has 1 aromatic heterocycles. The number of nitrogens with two attached hydrogens (primary N) is 1. The number of hydrogen-bond acceptors (Lipinski definition) is 4. The van der Waals surface area contributed by atoms with Crippen LogP contribution in [0.15, 0.2) is 12.3 Å². The molecule has 0 aliphatic carbocycles. The molecule has 4 heteroatoms. The van der Waals surface area contributed by atoms with Crippen LogP contribution >= 0.6 is 0 Å². The third-order valence-corrected chi connectivity index (χ3v) is 1.55. The summed E-state index contributed by atoms with van der Waals surface area (Å²) >= 11 is 0. The van der Waals surface area contributed by atoms with Gasteiger partial charge >= 0.3 is 0 Å². The molecule has 1 aromatic rings. The molecule has 4 nitrogen and oxygen atoms in total. The van der Waals surface area contributed by atoms with Crippen molar-refractivity contribution in [2.75, 3.05) is 19.5 Å². The van der Waals surface area contributed by atoms with E-state index in [4.69, 9.17) is 10.5 Å². The lowest BCUT2D eigenvalue weighted by molar-refractivity contribution is 0.181. The maximum absolute atomic E-state index is 5.50. The first-order valence-corrected chi connectivity index (χ1v) is 3.81. The van der Waals surface area contributed by atoms with Crippen LogP contribution in [0.4, 0.5) is 5.82 Å². The van der Waals surface area contributed by atoms with Gasteiger partial charge in [-0.15, -0.1) is 0 Å². The Hall–Kier alpha value is -1.16. The van der Waals surface area contributed by atoms with Crippen LogP contribution in [0.25, 0.3) is 0 Å². The van der Waals surface area contributed by atoms with E-state index >= 15 is 0 Å². The summed E-state index contributed by atoms with van der Waals surface area (Å²) in [5, 5.41) is 0. The Bertz CT molecular complexity index is 252. The first kappa shape index (κ1) is 8.93. The van der Waals surface area contributed by atoms with Crippen molar-refractivity contribution in [1.29, 1.82) is 0 Å². The van der Waals surface area contributed by atoms with Gasteiger partial charge in [0.1, 0.15) is 11.6 Å². The maximum Gasteiger partial charge on any atom is 0.135 e. The Morgan fingerprint density at radius 1 is 1.67 bits per heavy atom. The summed E-state index contributed by atoms with van der Waals surface area (Å²) in [6, 6.07) is 1.67. The molecule has 0 spiro atoms. The number of methoxy groups -OCH3 is 1. The molecule has 1 unspecified atom stereocenters. The lowest BCUT2D eigenvalue weighted by atomic mass is 10.2. The topological polar surface area (TPSA) is 61.0 Å². The average molecular weight is 167 g/mol. The van der Waals surface area contributed by atoms with E-state index in [1.807, 2.05) is 6.92 Å². The standard InChI is InChI=1S/C8H13N3O/c1-6(5-12-2)8-10-4-3-7(9)11-8/h3-4,6H,5H2,1-2H3,(H2,9,10,11). The first-order valence-electron chi connectivity index (χ1n) is 3.81. The normalized spacial score (nSPS) is 12.8. The summed E-state index contributed by atoms with van der Waals surface area (Å²) in [6.07, 6.45) is 1.66. The number of ether oxygens (including phenoxy) is 1. The Labute approximate surface area is 71.8 Å². The number of anilines is 1. The van der Waals surface area contributed by atoms with E-state index in [-0.39, 0.29) is 5.92 Å². The minimum absolute atomic E-state index is 0.193. The second-order valence-electron chi connectivity index (χ2n) is 2.70. The van der Waals surface area contributed by atoms with Crippen LogP contribution < -0.4 is 5.73 Å². The van der Waals surface area contributed by atoms with Crippen LogP contribution in [0, 0.1) is 0 Å². The molecular weight excluding hydrogens is 154 g/mol. The van der Waals surface area contributed by atoms with Crippen molar-refractivity contribution >= 4 is 5.82 Å². The molecule has 1 heterocycles. The minimum atomic E-state index is 0.193. The zero-order chi connectivity index (χ0) is 8.97. The van der Waals surface area contributed by atoms with E-state index < -0.39 is 0 Å². The number of nitrogen functional groups attached to an aromatic ring is 1. The second-order valence-corrected chi connectivity index (χ2v) is 2.70. The van der Waals surface area contributed by atoms with Crippen LogP contribution in [0.1, 0.15) is 18.7 Å². The van der Waals surface area contributed by atoms with Crippen LogP contribution in [0.2, 0.25) is 0 Å².